The summed E-state index contributed by atoms with van der Waals surface area (Å²) in [6.07, 6.45) is 4.43. The second-order valence-corrected chi connectivity index (χ2v) is 4.98. The Bertz CT molecular complexity index is 535. The first-order valence-corrected chi connectivity index (χ1v) is 6.62. The van der Waals surface area contributed by atoms with Crippen molar-refractivity contribution in [3.05, 3.63) is 46.5 Å². The van der Waals surface area contributed by atoms with E-state index in [2.05, 4.69) is 12.1 Å². The molecule has 0 radical (unpaired) electrons. The van der Waals surface area contributed by atoms with Crippen LogP contribution in [0.3, 0.4) is 0 Å². The van der Waals surface area contributed by atoms with Crippen molar-refractivity contribution in [2.45, 2.75) is 38.9 Å². The van der Waals surface area contributed by atoms with E-state index in [1.807, 2.05) is 12.1 Å². The van der Waals surface area contributed by atoms with Crippen molar-refractivity contribution in [2.24, 2.45) is 0 Å². The maximum absolute atomic E-state index is 9.69. The fourth-order valence-corrected chi connectivity index (χ4v) is 3.27. The van der Waals surface area contributed by atoms with Crippen LogP contribution in [0.15, 0.2) is 24.3 Å². The van der Waals surface area contributed by atoms with E-state index >= 15 is 0 Å². The van der Waals surface area contributed by atoms with Crippen molar-refractivity contribution >= 4 is 10.8 Å². The summed E-state index contributed by atoms with van der Waals surface area (Å²) >= 11 is 0. The van der Waals surface area contributed by atoms with Crippen molar-refractivity contribution in [3.63, 3.8) is 0 Å². The van der Waals surface area contributed by atoms with Crippen LogP contribution < -0.4 is 0 Å². The van der Waals surface area contributed by atoms with Gasteiger partial charge in [0.1, 0.15) is 0 Å². The molecule has 0 atom stereocenters. The SMILES string of the molecule is OCc1c2c(c(CO)c3ccccc13)CCCC2. The quantitative estimate of drug-likeness (QED) is 0.850. The summed E-state index contributed by atoms with van der Waals surface area (Å²) in [6.45, 7) is 0.184. The van der Waals surface area contributed by atoms with Gasteiger partial charge >= 0.3 is 0 Å². The first kappa shape index (κ1) is 11.7. The molecule has 94 valence electrons. The maximum atomic E-state index is 9.69. The highest BCUT2D eigenvalue weighted by atomic mass is 16.3. The summed E-state index contributed by atoms with van der Waals surface area (Å²) in [6, 6.07) is 8.10. The summed E-state index contributed by atoms with van der Waals surface area (Å²) in [4.78, 5) is 0. The molecular weight excluding hydrogens is 224 g/mol. The molecule has 2 aromatic rings. The molecule has 0 bridgehead atoms. The van der Waals surface area contributed by atoms with E-state index in [4.69, 9.17) is 0 Å². The summed E-state index contributed by atoms with van der Waals surface area (Å²) in [5.74, 6) is 0. The molecule has 18 heavy (non-hydrogen) atoms. The predicted octanol–water partition coefficient (Wildman–Crippen LogP) is 2.70. The van der Waals surface area contributed by atoms with Crippen LogP contribution in [0.25, 0.3) is 10.8 Å². The highest BCUT2D eigenvalue weighted by Crippen LogP contribution is 2.35. The van der Waals surface area contributed by atoms with Gasteiger partial charge in [-0.15, -0.1) is 0 Å². The maximum Gasteiger partial charge on any atom is 0.0690 e. The van der Waals surface area contributed by atoms with Gasteiger partial charge in [0.05, 0.1) is 13.2 Å². The lowest BCUT2D eigenvalue weighted by Crippen LogP contribution is -2.11. The number of aliphatic hydroxyl groups is 2. The molecule has 1 aliphatic carbocycles. The smallest absolute Gasteiger partial charge is 0.0690 e. The number of fused-ring (bicyclic) bond motifs is 2. The van der Waals surface area contributed by atoms with Crippen molar-refractivity contribution in [1.82, 2.24) is 0 Å². The number of benzene rings is 2. The number of rotatable bonds is 2. The monoisotopic (exact) mass is 242 g/mol. The Hall–Kier alpha value is -1.38. The van der Waals surface area contributed by atoms with Gasteiger partial charge in [0.2, 0.25) is 0 Å². The minimum Gasteiger partial charge on any atom is -0.392 e. The molecule has 2 N–H and O–H groups in total. The second kappa shape index (κ2) is 4.71. The average Bonchev–Trinajstić information content (AvgIpc) is 2.44. The standard InChI is InChI=1S/C16H18O2/c17-9-15-11-5-1-2-6-12(11)16(10-18)14-8-4-3-7-13(14)15/h1-2,5-6,17-18H,3-4,7-10H2. The zero-order valence-corrected chi connectivity index (χ0v) is 10.4. The molecular formula is C16H18O2. The number of aliphatic hydroxyl groups excluding tert-OH is 2. The third-order valence-electron chi connectivity index (χ3n) is 4.09. The van der Waals surface area contributed by atoms with E-state index in [1.165, 1.54) is 24.0 Å². The Labute approximate surface area is 107 Å². The Balaban J connectivity index is 2.42. The molecule has 0 saturated carbocycles. The van der Waals surface area contributed by atoms with Crippen LogP contribution in [0.5, 0.6) is 0 Å². The first-order valence-electron chi connectivity index (χ1n) is 6.62. The zero-order chi connectivity index (χ0) is 12.5. The highest BCUT2D eigenvalue weighted by molar-refractivity contribution is 5.91. The molecule has 0 aromatic heterocycles. The van der Waals surface area contributed by atoms with E-state index in [0.717, 1.165) is 34.7 Å². The normalized spacial score (nSPS) is 14.8. The summed E-state index contributed by atoms with van der Waals surface area (Å²) < 4.78 is 0. The van der Waals surface area contributed by atoms with Gasteiger partial charge in [-0.3, -0.25) is 0 Å². The van der Waals surface area contributed by atoms with E-state index in [-0.39, 0.29) is 13.2 Å². The topological polar surface area (TPSA) is 40.5 Å². The Morgan fingerprint density at radius 3 is 1.61 bits per heavy atom. The van der Waals surface area contributed by atoms with Crippen LogP contribution in [-0.4, -0.2) is 10.2 Å². The molecule has 0 unspecified atom stereocenters. The molecule has 0 amide bonds. The van der Waals surface area contributed by atoms with Gasteiger partial charge in [-0.2, -0.15) is 0 Å². The van der Waals surface area contributed by atoms with Crippen LogP contribution in [0.4, 0.5) is 0 Å². The van der Waals surface area contributed by atoms with Crippen LogP contribution in [0, 0.1) is 0 Å². The van der Waals surface area contributed by atoms with Crippen LogP contribution in [-0.2, 0) is 26.1 Å². The van der Waals surface area contributed by atoms with Crippen molar-refractivity contribution in [1.29, 1.82) is 0 Å². The van der Waals surface area contributed by atoms with Gasteiger partial charge in [0.15, 0.2) is 0 Å². The molecule has 3 rings (SSSR count). The van der Waals surface area contributed by atoms with Crippen LogP contribution >= 0.6 is 0 Å². The van der Waals surface area contributed by atoms with Crippen molar-refractivity contribution in [3.8, 4) is 0 Å². The minimum atomic E-state index is 0.0918. The molecule has 0 aliphatic heterocycles. The highest BCUT2D eigenvalue weighted by Gasteiger charge is 2.20. The largest absolute Gasteiger partial charge is 0.392 e. The van der Waals surface area contributed by atoms with Crippen LogP contribution in [0.2, 0.25) is 0 Å². The third kappa shape index (κ3) is 1.64. The predicted molar refractivity (Wildman–Crippen MR) is 72.4 cm³/mol. The van der Waals surface area contributed by atoms with Crippen LogP contribution in [0.1, 0.15) is 35.1 Å². The summed E-state index contributed by atoms with van der Waals surface area (Å²) in [7, 11) is 0. The Kier molecular flexibility index (Phi) is 3.06. The molecule has 0 fully saturated rings. The van der Waals surface area contributed by atoms with Crippen molar-refractivity contribution < 1.29 is 10.2 Å². The van der Waals surface area contributed by atoms with Gasteiger partial charge in [-0.1, -0.05) is 24.3 Å². The molecule has 0 saturated heterocycles. The lowest BCUT2D eigenvalue weighted by molar-refractivity contribution is 0.277. The number of hydrogen-bond donors (Lipinski definition) is 2. The third-order valence-corrected chi connectivity index (χ3v) is 4.09. The van der Waals surface area contributed by atoms with Gasteiger partial charge in [-0.05, 0) is 58.7 Å². The lowest BCUT2D eigenvalue weighted by atomic mass is 9.82. The first-order chi connectivity index (χ1) is 8.86. The zero-order valence-electron chi connectivity index (χ0n) is 10.4. The molecule has 2 nitrogen and oxygen atoms in total. The Morgan fingerprint density at radius 1 is 0.778 bits per heavy atom. The van der Waals surface area contributed by atoms with Gasteiger partial charge in [0, 0.05) is 0 Å². The van der Waals surface area contributed by atoms with E-state index in [1.54, 1.807) is 0 Å². The summed E-state index contributed by atoms with van der Waals surface area (Å²) in [5, 5.41) is 21.6. The molecule has 0 heterocycles. The Morgan fingerprint density at radius 2 is 1.22 bits per heavy atom. The van der Waals surface area contributed by atoms with E-state index in [0.29, 0.717) is 0 Å². The van der Waals surface area contributed by atoms with Gasteiger partial charge in [0.25, 0.3) is 0 Å². The fraction of sp³-hybridized carbons (Fsp3) is 0.375. The fourth-order valence-electron chi connectivity index (χ4n) is 3.27. The lowest BCUT2D eigenvalue weighted by Gasteiger charge is -2.24. The van der Waals surface area contributed by atoms with Crippen molar-refractivity contribution in [2.75, 3.05) is 0 Å². The van der Waals surface area contributed by atoms with E-state index < -0.39 is 0 Å². The molecule has 1 aliphatic rings. The molecule has 2 heteroatoms. The molecule has 0 spiro atoms. The number of hydrogen-bond acceptors (Lipinski definition) is 2. The average molecular weight is 242 g/mol. The minimum absolute atomic E-state index is 0.0918. The summed E-state index contributed by atoms with van der Waals surface area (Å²) in [5.41, 5.74) is 4.70. The van der Waals surface area contributed by atoms with Gasteiger partial charge in [-0.25, -0.2) is 0 Å². The molecule has 2 aromatic carbocycles. The second-order valence-electron chi connectivity index (χ2n) is 4.98. The van der Waals surface area contributed by atoms with Gasteiger partial charge < -0.3 is 10.2 Å². The van der Waals surface area contributed by atoms with E-state index in [9.17, 15) is 10.2 Å².